The lowest BCUT2D eigenvalue weighted by molar-refractivity contribution is -0.00621. The third-order valence-electron chi connectivity index (χ3n) is 2.54. The Kier molecular flexibility index (Phi) is 3.42. The fraction of sp³-hybridized carbons (Fsp3) is 0.231. The maximum atomic E-state index is 8.58. The zero-order valence-corrected chi connectivity index (χ0v) is 9.00. The van der Waals surface area contributed by atoms with Crippen molar-refractivity contribution in [2.24, 2.45) is 4.99 Å². The molecule has 0 amide bonds. The summed E-state index contributed by atoms with van der Waals surface area (Å²) >= 11 is 0. The molecule has 3 nitrogen and oxygen atoms in total. The number of hydrogen-bond acceptors (Lipinski definition) is 1. The molecule has 3 heteroatoms. The number of hydrogen-bond donors (Lipinski definition) is 0. The van der Waals surface area contributed by atoms with E-state index < -0.39 is 0 Å². The molecule has 1 aliphatic rings. The van der Waals surface area contributed by atoms with Crippen LogP contribution in [0.15, 0.2) is 47.5 Å². The molecule has 1 aliphatic carbocycles. The number of rotatable bonds is 2. The van der Waals surface area contributed by atoms with Gasteiger partial charge in [0.05, 0.1) is 13.0 Å². The van der Waals surface area contributed by atoms with Crippen LogP contribution < -0.4 is 0 Å². The summed E-state index contributed by atoms with van der Waals surface area (Å²) in [5.74, 6) is 0. The zero-order valence-electron chi connectivity index (χ0n) is 9.00. The van der Waals surface area contributed by atoms with E-state index in [9.17, 15) is 0 Å². The van der Waals surface area contributed by atoms with Gasteiger partial charge in [-0.2, -0.15) is 4.79 Å². The topological polar surface area (TPSA) is 48.8 Å². The van der Waals surface area contributed by atoms with Gasteiger partial charge in [-0.15, -0.1) is 0 Å². The van der Waals surface area contributed by atoms with Gasteiger partial charge in [0.2, 0.25) is 0 Å². The van der Waals surface area contributed by atoms with Crippen LogP contribution in [0, 0.1) is 0 Å². The van der Waals surface area contributed by atoms with Crippen molar-refractivity contribution in [3.05, 3.63) is 53.6 Å². The highest BCUT2D eigenvalue weighted by atomic mass is 14.9. The number of nitrogens with zero attached hydrogens (tertiary/aromatic N) is 3. The Morgan fingerprint density at radius 1 is 1.12 bits per heavy atom. The largest absolute Gasteiger partial charge is 0.361 e. The van der Waals surface area contributed by atoms with E-state index in [4.69, 9.17) is 5.53 Å². The highest BCUT2D eigenvalue weighted by Crippen LogP contribution is 2.07. The van der Waals surface area contributed by atoms with Gasteiger partial charge < -0.3 is 5.53 Å². The van der Waals surface area contributed by atoms with E-state index in [1.807, 2.05) is 30.4 Å². The first-order valence-electron chi connectivity index (χ1n) is 5.35. The molecule has 1 aromatic carbocycles. The lowest BCUT2D eigenvalue weighted by atomic mass is 10.0. The first kappa shape index (κ1) is 10.5. The first-order chi connectivity index (χ1) is 7.88. The van der Waals surface area contributed by atoms with Crippen LogP contribution in [0.4, 0.5) is 0 Å². The standard InChI is InChI=1S/C13H13N3/c14-16-13-8-6-12(7-9-13)15-10-11-4-2-1-3-5-11/h1-6,8H,7,9-10H2. The van der Waals surface area contributed by atoms with Crippen LogP contribution >= 0.6 is 0 Å². The second kappa shape index (κ2) is 5.19. The van der Waals surface area contributed by atoms with Crippen molar-refractivity contribution in [1.29, 1.82) is 0 Å². The summed E-state index contributed by atoms with van der Waals surface area (Å²) in [5, 5.41) is 0. The van der Waals surface area contributed by atoms with Gasteiger partial charge in [-0.1, -0.05) is 30.3 Å². The summed E-state index contributed by atoms with van der Waals surface area (Å²) in [7, 11) is 0. The van der Waals surface area contributed by atoms with E-state index >= 15 is 0 Å². The van der Waals surface area contributed by atoms with Crippen molar-refractivity contribution in [1.82, 2.24) is 0 Å². The molecule has 16 heavy (non-hydrogen) atoms. The van der Waals surface area contributed by atoms with Crippen molar-refractivity contribution < 1.29 is 4.79 Å². The molecule has 0 N–H and O–H groups in total. The van der Waals surface area contributed by atoms with Gasteiger partial charge in [0.25, 0.3) is 5.71 Å². The molecule has 0 unspecified atom stereocenters. The molecule has 0 heterocycles. The molecule has 0 radical (unpaired) electrons. The fourth-order valence-corrected chi connectivity index (χ4v) is 1.61. The van der Waals surface area contributed by atoms with Gasteiger partial charge in [-0.25, -0.2) is 0 Å². The van der Waals surface area contributed by atoms with Crippen molar-refractivity contribution in [2.75, 3.05) is 0 Å². The average Bonchev–Trinajstić information content (AvgIpc) is 2.38. The number of aliphatic imine (C=N–C) groups is 1. The second-order valence-corrected chi connectivity index (χ2v) is 3.72. The van der Waals surface area contributed by atoms with Crippen LogP contribution in [0.1, 0.15) is 18.4 Å². The molecule has 0 spiro atoms. The molecular weight excluding hydrogens is 198 g/mol. The minimum Gasteiger partial charge on any atom is -0.361 e. The summed E-state index contributed by atoms with van der Waals surface area (Å²) in [6.45, 7) is 0.714. The molecule has 80 valence electrons. The van der Waals surface area contributed by atoms with Gasteiger partial charge >= 0.3 is 0 Å². The van der Waals surface area contributed by atoms with Crippen molar-refractivity contribution in [3.8, 4) is 0 Å². The minimum absolute atomic E-state index is 0.714. The van der Waals surface area contributed by atoms with Gasteiger partial charge in [0.1, 0.15) is 0 Å². The first-order valence-corrected chi connectivity index (χ1v) is 5.35. The Balaban J connectivity index is 2.02. The van der Waals surface area contributed by atoms with Crippen molar-refractivity contribution >= 4 is 11.4 Å². The second-order valence-electron chi connectivity index (χ2n) is 3.72. The molecule has 0 aliphatic heterocycles. The molecule has 0 atom stereocenters. The van der Waals surface area contributed by atoms with E-state index in [-0.39, 0.29) is 0 Å². The van der Waals surface area contributed by atoms with E-state index in [2.05, 4.69) is 21.9 Å². The average molecular weight is 211 g/mol. The molecule has 0 saturated carbocycles. The smallest absolute Gasteiger partial charge is 0.292 e. The van der Waals surface area contributed by atoms with Crippen LogP contribution in [-0.2, 0) is 6.54 Å². The third-order valence-corrected chi connectivity index (χ3v) is 2.54. The van der Waals surface area contributed by atoms with E-state index in [1.165, 1.54) is 5.56 Å². The highest BCUT2D eigenvalue weighted by Gasteiger charge is 2.11. The van der Waals surface area contributed by atoms with E-state index in [0.29, 0.717) is 6.54 Å². The lowest BCUT2D eigenvalue weighted by Gasteiger charge is -2.03. The van der Waals surface area contributed by atoms with Gasteiger partial charge in [-0.3, -0.25) is 4.99 Å². The lowest BCUT2D eigenvalue weighted by Crippen LogP contribution is -2.08. The summed E-state index contributed by atoms with van der Waals surface area (Å²) in [6.07, 6.45) is 5.35. The fourth-order valence-electron chi connectivity index (χ4n) is 1.61. The monoisotopic (exact) mass is 211 g/mol. The quantitative estimate of drug-likeness (QED) is 0.533. The Bertz CT molecular complexity index is 465. The predicted octanol–water partition coefficient (Wildman–Crippen LogP) is 2.65. The normalized spacial score (nSPS) is 17.5. The van der Waals surface area contributed by atoms with E-state index in [1.54, 1.807) is 0 Å². The molecule has 0 fully saturated rings. The molecule has 1 aromatic rings. The predicted molar refractivity (Wildman–Crippen MR) is 64.6 cm³/mol. The minimum atomic E-state index is 0.714. The molecule has 0 aromatic heterocycles. The Labute approximate surface area is 94.8 Å². The van der Waals surface area contributed by atoms with Crippen LogP contribution in [0.2, 0.25) is 0 Å². The summed E-state index contributed by atoms with van der Waals surface area (Å²) in [6, 6.07) is 10.2. The molecular formula is C13H13N3. The SMILES string of the molecule is [N-]=[N+]=C1C=CC(=NCc2ccccc2)CC1. The van der Waals surface area contributed by atoms with Crippen LogP contribution in [0.25, 0.3) is 5.53 Å². The third kappa shape index (κ3) is 2.75. The highest BCUT2D eigenvalue weighted by molar-refractivity contribution is 6.07. The van der Waals surface area contributed by atoms with Gasteiger partial charge in [-0.05, 0) is 11.6 Å². The van der Waals surface area contributed by atoms with Crippen LogP contribution in [0.5, 0.6) is 0 Å². The van der Waals surface area contributed by atoms with Crippen molar-refractivity contribution in [2.45, 2.75) is 19.4 Å². The Morgan fingerprint density at radius 3 is 2.56 bits per heavy atom. The molecule has 2 rings (SSSR count). The van der Waals surface area contributed by atoms with Crippen LogP contribution in [0.3, 0.4) is 0 Å². The summed E-state index contributed by atoms with van der Waals surface area (Å²) < 4.78 is 0. The summed E-state index contributed by atoms with van der Waals surface area (Å²) in [5.41, 5.74) is 11.6. The maximum absolute atomic E-state index is 8.58. The Hall–Kier alpha value is -1.99. The van der Waals surface area contributed by atoms with Gasteiger partial charge in [0.15, 0.2) is 0 Å². The molecule has 0 bridgehead atoms. The van der Waals surface area contributed by atoms with Crippen LogP contribution in [-0.4, -0.2) is 16.2 Å². The number of benzene rings is 1. The van der Waals surface area contributed by atoms with E-state index in [0.717, 1.165) is 24.3 Å². The van der Waals surface area contributed by atoms with Crippen molar-refractivity contribution in [3.63, 3.8) is 0 Å². The number of allylic oxidation sites excluding steroid dienone is 2. The zero-order chi connectivity index (χ0) is 11.2. The Morgan fingerprint density at radius 2 is 1.94 bits per heavy atom. The summed E-state index contributed by atoms with van der Waals surface area (Å²) in [4.78, 5) is 7.69. The van der Waals surface area contributed by atoms with Gasteiger partial charge in [0, 0.05) is 18.2 Å². The maximum Gasteiger partial charge on any atom is 0.292 e. The molecule has 0 saturated heterocycles.